The molecule has 5 aromatic rings. The maximum atomic E-state index is 12.9. The van der Waals surface area contributed by atoms with Gasteiger partial charge in [-0.2, -0.15) is 0 Å². The second kappa shape index (κ2) is 8.24. The summed E-state index contributed by atoms with van der Waals surface area (Å²) >= 11 is 3.46. The Bertz CT molecular complexity index is 1360. The minimum Gasteiger partial charge on any atom is -0.456 e. The molecule has 31 heavy (non-hydrogen) atoms. The molecule has 0 saturated heterocycles. The molecule has 0 aliphatic heterocycles. The van der Waals surface area contributed by atoms with Crippen LogP contribution in [-0.2, 0) is 11.3 Å². The molecular weight excluding hydrogens is 458 g/mol. The lowest BCUT2D eigenvalue weighted by molar-refractivity contribution is 0.0466. The van der Waals surface area contributed by atoms with Gasteiger partial charge in [-0.3, -0.25) is 0 Å². The number of benzene rings is 3. The molecule has 0 atom stereocenters. The summed E-state index contributed by atoms with van der Waals surface area (Å²) in [5, 5.41) is 0.880. The Morgan fingerprint density at radius 3 is 2.42 bits per heavy atom. The average Bonchev–Trinajstić information content (AvgIpc) is 3.43. The number of aromatic nitrogens is 1. The molecule has 0 unspecified atom stereocenters. The van der Waals surface area contributed by atoms with Gasteiger partial charge in [0.15, 0.2) is 11.5 Å². The largest absolute Gasteiger partial charge is 0.456 e. The fourth-order valence-corrected chi connectivity index (χ4v) is 3.63. The predicted molar refractivity (Wildman–Crippen MR) is 120 cm³/mol. The number of furan rings is 1. The van der Waals surface area contributed by atoms with Crippen LogP contribution < -0.4 is 0 Å². The van der Waals surface area contributed by atoms with Gasteiger partial charge in [-0.05, 0) is 42.0 Å². The first-order chi connectivity index (χ1) is 15.2. The van der Waals surface area contributed by atoms with E-state index in [0.717, 1.165) is 21.0 Å². The lowest BCUT2D eigenvalue weighted by Gasteiger charge is -2.03. The molecule has 0 spiro atoms. The van der Waals surface area contributed by atoms with E-state index in [1.807, 2.05) is 84.9 Å². The van der Waals surface area contributed by atoms with Crippen LogP contribution in [0.3, 0.4) is 0 Å². The van der Waals surface area contributed by atoms with Crippen LogP contribution in [0.4, 0.5) is 0 Å². The van der Waals surface area contributed by atoms with Crippen molar-refractivity contribution >= 4 is 32.9 Å². The number of carbonyl (C=O) groups is 1. The van der Waals surface area contributed by atoms with Crippen molar-refractivity contribution in [1.82, 2.24) is 4.98 Å². The first kappa shape index (κ1) is 19.3. The van der Waals surface area contributed by atoms with Crippen molar-refractivity contribution in [3.05, 3.63) is 101 Å². The third kappa shape index (κ3) is 4.02. The molecule has 0 fully saturated rings. The van der Waals surface area contributed by atoms with Gasteiger partial charge in [0.25, 0.3) is 0 Å². The van der Waals surface area contributed by atoms with Crippen molar-refractivity contribution in [3.63, 3.8) is 0 Å². The van der Waals surface area contributed by atoms with E-state index in [1.54, 1.807) is 0 Å². The SMILES string of the molecule is O=C(OCc1ccccc1)c1nc(-c2ccccc2)oc1-c1cc2cc(Br)ccc2o1. The smallest absolute Gasteiger partial charge is 0.361 e. The Kier molecular flexibility index (Phi) is 5.14. The second-order valence-corrected chi connectivity index (χ2v) is 7.83. The molecule has 0 aliphatic rings. The van der Waals surface area contributed by atoms with Crippen molar-refractivity contribution in [2.75, 3.05) is 0 Å². The number of halogens is 1. The van der Waals surface area contributed by atoms with Gasteiger partial charge in [0.2, 0.25) is 11.7 Å². The Balaban J connectivity index is 1.55. The molecule has 2 aromatic heterocycles. The van der Waals surface area contributed by atoms with Gasteiger partial charge in [0, 0.05) is 15.4 Å². The zero-order chi connectivity index (χ0) is 21.2. The molecule has 2 heterocycles. The zero-order valence-corrected chi connectivity index (χ0v) is 17.8. The summed E-state index contributed by atoms with van der Waals surface area (Å²) in [5.41, 5.74) is 2.40. The summed E-state index contributed by atoms with van der Waals surface area (Å²) in [5.74, 6) is 0.397. The van der Waals surface area contributed by atoms with Gasteiger partial charge in [-0.15, -0.1) is 0 Å². The number of hydrogen-bond acceptors (Lipinski definition) is 5. The average molecular weight is 474 g/mol. The number of oxazole rings is 1. The fraction of sp³-hybridized carbons (Fsp3) is 0.0400. The lowest BCUT2D eigenvalue weighted by atomic mass is 10.2. The van der Waals surface area contributed by atoms with Gasteiger partial charge in [-0.1, -0.05) is 64.5 Å². The number of fused-ring (bicyclic) bond motifs is 1. The maximum Gasteiger partial charge on any atom is 0.361 e. The lowest BCUT2D eigenvalue weighted by Crippen LogP contribution is -2.07. The van der Waals surface area contributed by atoms with Crippen molar-refractivity contribution in [2.24, 2.45) is 0 Å². The standard InChI is InChI=1S/C25H16BrNO4/c26-19-11-12-20-18(13-19)14-21(30-20)23-22(25(28)29-15-16-7-3-1-4-8-16)27-24(31-23)17-9-5-2-6-10-17/h1-14H,15H2. The number of hydrogen-bond donors (Lipinski definition) is 0. The van der Waals surface area contributed by atoms with Crippen molar-refractivity contribution < 1.29 is 18.4 Å². The molecule has 0 bridgehead atoms. The van der Waals surface area contributed by atoms with Crippen LogP contribution in [0, 0.1) is 0 Å². The molecule has 0 aliphatic carbocycles. The summed E-state index contributed by atoms with van der Waals surface area (Å²) < 4.78 is 18.4. The van der Waals surface area contributed by atoms with E-state index in [4.69, 9.17) is 13.6 Å². The van der Waals surface area contributed by atoms with Crippen LogP contribution in [0.2, 0.25) is 0 Å². The third-order valence-corrected chi connectivity index (χ3v) is 5.25. The Labute approximate surface area is 186 Å². The number of nitrogens with zero attached hydrogens (tertiary/aromatic N) is 1. The Hall–Kier alpha value is -3.64. The van der Waals surface area contributed by atoms with E-state index in [0.29, 0.717) is 17.2 Å². The van der Waals surface area contributed by atoms with Gasteiger partial charge < -0.3 is 13.6 Å². The monoisotopic (exact) mass is 473 g/mol. The normalized spacial score (nSPS) is 11.0. The molecule has 0 saturated carbocycles. The number of rotatable bonds is 5. The predicted octanol–water partition coefficient (Wildman–Crippen LogP) is 6.87. The molecule has 3 aromatic carbocycles. The van der Waals surface area contributed by atoms with E-state index in [9.17, 15) is 4.79 Å². The van der Waals surface area contributed by atoms with Crippen LogP contribution in [0.5, 0.6) is 0 Å². The topological polar surface area (TPSA) is 65.5 Å². The van der Waals surface area contributed by atoms with Crippen molar-refractivity contribution in [3.8, 4) is 23.0 Å². The molecule has 0 N–H and O–H groups in total. The van der Waals surface area contributed by atoms with Gasteiger partial charge in [0.1, 0.15) is 12.2 Å². The first-order valence-electron chi connectivity index (χ1n) is 9.64. The van der Waals surface area contributed by atoms with Gasteiger partial charge in [0.05, 0.1) is 0 Å². The highest BCUT2D eigenvalue weighted by atomic mass is 79.9. The number of carbonyl (C=O) groups excluding carboxylic acids is 1. The van der Waals surface area contributed by atoms with Crippen molar-refractivity contribution in [2.45, 2.75) is 6.61 Å². The molecule has 0 amide bonds. The van der Waals surface area contributed by atoms with Crippen LogP contribution >= 0.6 is 15.9 Å². The Morgan fingerprint density at radius 2 is 1.65 bits per heavy atom. The van der Waals surface area contributed by atoms with E-state index in [1.165, 1.54) is 0 Å². The van der Waals surface area contributed by atoms with E-state index < -0.39 is 5.97 Å². The highest BCUT2D eigenvalue weighted by Crippen LogP contribution is 2.35. The second-order valence-electron chi connectivity index (χ2n) is 6.92. The van der Waals surface area contributed by atoms with Crippen LogP contribution in [0.15, 0.2) is 98.2 Å². The van der Waals surface area contributed by atoms with Gasteiger partial charge >= 0.3 is 5.97 Å². The minimum absolute atomic E-state index is 0.0768. The first-order valence-corrected chi connectivity index (χ1v) is 10.4. The minimum atomic E-state index is -0.577. The number of ether oxygens (including phenoxy) is 1. The van der Waals surface area contributed by atoms with Crippen molar-refractivity contribution in [1.29, 1.82) is 0 Å². The van der Waals surface area contributed by atoms with Crippen LogP contribution in [0.1, 0.15) is 16.1 Å². The highest BCUT2D eigenvalue weighted by molar-refractivity contribution is 9.10. The quantitative estimate of drug-likeness (QED) is 0.260. The van der Waals surface area contributed by atoms with E-state index in [-0.39, 0.29) is 18.1 Å². The van der Waals surface area contributed by atoms with Gasteiger partial charge in [-0.25, -0.2) is 9.78 Å². The van der Waals surface area contributed by atoms with E-state index in [2.05, 4.69) is 20.9 Å². The molecule has 5 nitrogen and oxygen atoms in total. The molecule has 6 heteroatoms. The van der Waals surface area contributed by atoms with E-state index >= 15 is 0 Å². The molecule has 0 radical (unpaired) electrons. The fourth-order valence-electron chi connectivity index (χ4n) is 3.25. The summed E-state index contributed by atoms with van der Waals surface area (Å²) in [7, 11) is 0. The third-order valence-electron chi connectivity index (χ3n) is 4.76. The molecule has 5 rings (SSSR count). The molecular formula is C25H16BrNO4. The summed E-state index contributed by atoms with van der Waals surface area (Å²) in [4.78, 5) is 17.4. The summed E-state index contributed by atoms with van der Waals surface area (Å²) in [6.45, 7) is 0.139. The number of esters is 1. The Morgan fingerprint density at radius 1 is 0.903 bits per heavy atom. The summed E-state index contributed by atoms with van der Waals surface area (Å²) in [6, 6.07) is 26.4. The molecule has 152 valence electrons. The van der Waals surface area contributed by atoms with Crippen LogP contribution in [0.25, 0.3) is 33.9 Å². The maximum absolute atomic E-state index is 12.9. The zero-order valence-electron chi connectivity index (χ0n) is 16.2. The van der Waals surface area contributed by atoms with Crippen LogP contribution in [-0.4, -0.2) is 11.0 Å². The highest BCUT2D eigenvalue weighted by Gasteiger charge is 2.26. The summed E-state index contributed by atoms with van der Waals surface area (Å²) in [6.07, 6.45) is 0.